The molecule has 0 aliphatic carbocycles. The van der Waals surface area contributed by atoms with Gasteiger partial charge < -0.3 is 24.8 Å². The third kappa shape index (κ3) is 13.7. The molecule has 44 heavy (non-hydrogen) atoms. The van der Waals surface area contributed by atoms with E-state index in [4.69, 9.17) is 39.2 Å². The van der Waals surface area contributed by atoms with Gasteiger partial charge in [-0.15, -0.1) is 11.3 Å². The van der Waals surface area contributed by atoms with Crippen LogP contribution < -0.4 is 4.74 Å². The zero-order valence-electron chi connectivity index (χ0n) is 22.2. The van der Waals surface area contributed by atoms with Crippen LogP contribution in [0.4, 0.5) is 39.5 Å². The van der Waals surface area contributed by atoms with Gasteiger partial charge in [0, 0.05) is 43.5 Å². The second kappa shape index (κ2) is 15.8. The molecule has 0 radical (unpaired) electrons. The highest BCUT2D eigenvalue weighted by Gasteiger charge is 2.48. The van der Waals surface area contributed by atoms with Crippen molar-refractivity contribution >= 4 is 29.2 Å². The molecule has 2 fully saturated rings. The molecule has 0 aromatic carbocycles. The molecule has 3 N–H and O–H groups in total. The molecule has 0 amide bonds. The summed E-state index contributed by atoms with van der Waals surface area (Å²) in [6, 6.07) is 3.88. The van der Waals surface area contributed by atoms with Gasteiger partial charge in [-0.1, -0.05) is 0 Å². The lowest BCUT2D eigenvalue weighted by molar-refractivity contribution is -0.193. The number of hydrogen-bond donors (Lipinski definition) is 3. The van der Waals surface area contributed by atoms with Crippen LogP contribution in [0.2, 0.25) is 0 Å². The van der Waals surface area contributed by atoms with Gasteiger partial charge in [0.1, 0.15) is 11.9 Å². The summed E-state index contributed by atoms with van der Waals surface area (Å²) in [5.74, 6) is -7.42. The molecular formula is C23H24F9N3O8S. The van der Waals surface area contributed by atoms with E-state index in [0.717, 1.165) is 50.5 Å². The summed E-state index contributed by atoms with van der Waals surface area (Å²) in [5.41, 5.74) is 3.05. The average Bonchev–Trinajstić information content (AvgIpc) is 3.27. The van der Waals surface area contributed by atoms with E-state index in [-0.39, 0.29) is 11.7 Å². The first kappa shape index (κ1) is 38.3. The van der Waals surface area contributed by atoms with Gasteiger partial charge in [0.25, 0.3) is 0 Å². The van der Waals surface area contributed by atoms with Crippen molar-refractivity contribution in [2.45, 2.75) is 56.5 Å². The number of likely N-dealkylation sites (tertiary alicyclic amines) is 1. The third-order valence-corrected chi connectivity index (χ3v) is 6.27. The van der Waals surface area contributed by atoms with Gasteiger partial charge in [-0.05, 0) is 19.1 Å². The smallest absolute Gasteiger partial charge is 0.489 e. The number of rotatable bonds is 4. The molecule has 1 unspecified atom stereocenters. The van der Waals surface area contributed by atoms with Crippen LogP contribution in [0.1, 0.15) is 23.4 Å². The van der Waals surface area contributed by atoms with E-state index in [0.29, 0.717) is 0 Å². The lowest BCUT2D eigenvalue weighted by Gasteiger charge is -2.53. The number of ether oxygens (including phenoxy) is 2. The van der Waals surface area contributed by atoms with Crippen molar-refractivity contribution in [3.63, 3.8) is 0 Å². The Morgan fingerprint density at radius 1 is 1.00 bits per heavy atom. The van der Waals surface area contributed by atoms with E-state index < -0.39 is 36.4 Å². The van der Waals surface area contributed by atoms with E-state index >= 15 is 0 Å². The summed E-state index contributed by atoms with van der Waals surface area (Å²) in [4.78, 5) is 38.9. The number of pyridine rings is 1. The number of thiazole rings is 1. The highest BCUT2D eigenvalue weighted by Crippen LogP contribution is 2.37. The van der Waals surface area contributed by atoms with Crippen molar-refractivity contribution in [1.82, 2.24) is 14.9 Å². The first-order valence-electron chi connectivity index (χ1n) is 11.8. The minimum atomic E-state index is -5.08. The molecule has 2 aliphatic rings. The number of aliphatic carboxylic acids is 3. The van der Waals surface area contributed by atoms with Crippen molar-refractivity contribution < 1.29 is 78.7 Å². The SMILES string of the molecule is Cc1ncsc1CN1CC2(CC(Oc3cccnc3)CCO2)C1.O=C(O)C(F)(F)F.O=C(O)C(F)(F)F.O=C(O)C(F)(F)F. The Hall–Kier alpha value is -3.72. The Labute approximate surface area is 245 Å². The highest BCUT2D eigenvalue weighted by atomic mass is 32.1. The van der Waals surface area contributed by atoms with E-state index in [1.165, 1.54) is 4.88 Å². The van der Waals surface area contributed by atoms with Crippen LogP contribution in [-0.2, 0) is 25.7 Å². The van der Waals surface area contributed by atoms with Gasteiger partial charge in [0.05, 0.1) is 29.6 Å². The molecule has 2 aliphatic heterocycles. The number of carbonyl (C=O) groups is 3. The highest BCUT2D eigenvalue weighted by molar-refractivity contribution is 7.09. The molecule has 2 aromatic heterocycles. The molecule has 0 bridgehead atoms. The van der Waals surface area contributed by atoms with Gasteiger partial charge in [0.15, 0.2) is 0 Å². The van der Waals surface area contributed by atoms with Crippen LogP contribution in [0.15, 0.2) is 30.0 Å². The Balaban J connectivity index is 0.000000379. The van der Waals surface area contributed by atoms with Crippen molar-refractivity contribution in [1.29, 1.82) is 0 Å². The van der Waals surface area contributed by atoms with Crippen molar-refractivity contribution in [2.24, 2.45) is 0 Å². The van der Waals surface area contributed by atoms with Crippen molar-refractivity contribution in [2.75, 3.05) is 19.7 Å². The second-order valence-electron chi connectivity index (χ2n) is 8.87. The second-order valence-corrected chi connectivity index (χ2v) is 9.81. The van der Waals surface area contributed by atoms with Gasteiger partial charge in [-0.3, -0.25) is 9.88 Å². The minimum absolute atomic E-state index is 0.0241. The van der Waals surface area contributed by atoms with Crippen molar-refractivity contribution in [3.05, 3.63) is 40.6 Å². The minimum Gasteiger partial charge on any atom is -0.489 e. The Kier molecular flexibility index (Phi) is 13.8. The Morgan fingerprint density at radius 3 is 1.89 bits per heavy atom. The van der Waals surface area contributed by atoms with E-state index in [9.17, 15) is 39.5 Å². The maximum atomic E-state index is 10.6. The lowest BCUT2D eigenvalue weighted by Crippen LogP contribution is -2.65. The number of halogens is 9. The largest absolute Gasteiger partial charge is 0.490 e. The van der Waals surface area contributed by atoms with Crippen LogP contribution in [0.3, 0.4) is 0 Å². The van der Waals surface area contributed by atoms with E-state index in [2.05, 4.69) is 21.8 Å². The van der Waals surface area contributed by atoms with Gasteiger partial charge in [-0.2, -0.15) is 39.5 Å². The summed E-state index contributed by atoms with van der Waals surface area (Å²) < 4.78 is 107. The van der Waals surface area contributed by atoms with Crippen LogP contribution in [-0.4, -0.2) is 98.0 Å². The first-order valence-corrected chi connectivity index (χ1v) is 12.7. The summed E-state index contributed by atoms with van der Waals surface area (Å²) in [5, 5.41) is 21.4. The number of alkyl halides is 9. The number of carboxylic acid groups (broad SMARTS) is 3. The van der Waals surface area contributed by atoms with Gasteiger partial charge in [0.2, 0.25) is 0 Å². The monoisotopic (exact) mass is 673 g/mol. The fourth-order valence-electron chi connectivity index (χ4n) is 3.47. The number of aromatic nitrogens is 2. The first-order chi connectivity index (χ1) is 20.1. The number of hydrogen-bond acceptors (Lipinski definition) is 9. The lowest BCUT2D eigenvalue weighted by atomic mass is 9.84. The Bertz CT molecular complexity index is 1160. The third-order valence-electron chi connectivity index (χ3n) is 5.35. The zero-order chi connectivity index (χ0) is 33.9. The topological polar surface area (TPSA) is 159 Å². The standard InChI is InChI=1S/C17H21N3O2S.3C2HF3O2/c1-13-16(23-12-19-13)9-20-10-17(11-20)7-14(4-6-21-17)22-15-3-2-5-18-8-15;3*3-2(4,5)1(6)7/h2-3,5,8,12,14H,4,6-7,9-11H2,1H3;3*(H,6,7). The molecule has 4 rings (SSSR count). The molecule has 1 spiro atoms. The molecule has 21 heteroatoms. The molecule has 4 heterocycles. The molecule has 1 atom stereocenters. The van der Waals surface area contributed by atoms with Crippen LogP contribution >= 0.6 is 11.3 Å². The summed E-state index contributed by atoms with van der Waals surface area (Å²) in [6.45, 7) is 5.80. The average molecular weight is 674 g/mol. The summed E-state index contributed by atoms with van der Waals surface area (Å²) in [7, 11) is 0. The van der Waals surface area contributed by atoms with Gasteiger partial charge >= 0.3 is 36.4 Å². The van der Waals surface area contributed by atoms with E-state index in [1.54, 1.807) is 23.7 Å². The summed E-state index contributed by atoms with van der Waals surface area (Å²) in [6.07, 6.45) is -9.57. The maximum Gasteiger partial charge on any atom is 0.490 e. The van der Waals surface area contributed by atoms with Crippen LogP contribution in [0, 0.1) is 6.92 Å². The summed E-state index contributed by atoms with van der Waals surface area (Å²) >= 11 is 1.74. The van der Waals surface area contributed by atoms with E-state index in [1.807, 2.05) is 17.6 Å². The Morgan fingerprint density at radius 2 is 1.50 bits per heavy atom. The number of aryl methyl sites for hydroxylation is 1. The fourth-order valence-corrected chi connectivity index (χ4v) is 4.29. The fraction of sp³-hybridized carbons (Fsp3) is 0.522. The zero-order valence-corrected chi connectivity index (χ0v) is 23.1. The quantitative estimate of drug-likeness (QED) is 0.391. The number of carboxylic acids is 3. The molecule has 248 valence electrons. The predicted octanol–water partition coefficient (Wildman–Crippen LogP) is 4.56. The van der Waals surface area contributed by atoms with Crippen LogP contribution in [0.25, 0.3) is 0 Å². The molecule has 2 saturated heterocycles. The predicted molar refractivity (Wildman–Crippen MR) is 130 cm³/mol. The van der Waals surface area contributed by atoms with Crippen LogP contribution in [0.5, 0.6) is 5.75 Å². The number of nitrogens with zero attached hydrogens (tertiary/aromatic N) is 3. The van der Waals surface area contributed by atoms with Crippen molar-refractivity contribution in [3.8, 4) is 5.75 Å². The van der Waals surface area contributed by atoms with Gasteiger partial charge in [-0.25, -0.2) is 19.4 Å². The molecule has 0 saturated carbocycles. The molecule has 11 nitrogen and oxygen atoms in total. The normalized spacial score (nSPS) is 17.7. The molecule has 2 aromatic rings. The molecular weight excluding hydrogens is 649 g/mol. The maximum absolute atomic E-state index is 10.6.